The Kier molecular flexibility index (Phi) is 6.33. The molecule has 0 radical (unpaired) electrons. The van der Waals surface area contributed by atoms with Crippen molar-refractivity contribution in [3.05, 3.63) is 59.0 Å². The van der Waals surface area contributed by atoms with E-state index in [0.717, 1.165) is 10.5 Å². The second-order valence-electron chi connectivity index (χ2n) is 5.60. The van der Waals surface area contributed by atoms with Crippen LogP contribution in [-0.2, 0) is 9.59 Å². The zero-order chi connectivity index (χ0) is 19.2. The van der Waals surface area contributed by atoms with E-state index in [2.05, 4.69) is 10.6 Å². The van der Waals surface area contributed by atoms with Crippen molar-refractivity contribution in [1.82, 2.24) is 5.32 Å². The van der Waals surface area contributed by atoms with Crippen molar-refractivity contribution in [3.8, 4) is 11.3 Å². The fourth-order valence-electron chi connectivity index (χ4n) is 2.40. The summed E-state index contributed by atoms with van der Waals surface area (Å²) in [6.45, 7) is -0.0610. The molecule has 0 saturated carbocycles. The third-order valence-electron chi connectivity index (χ3n) is 3.77. The van der Waals surface area contributed by atoms with Gasteiger partial charge in [0.05, 0.1) is 12.0 Å². The van der Waals surface area contributed by atoms with Crippen LogP contribution in [0.15, 0.2) is 63.4 Å². The Labute approximate surface area is 164 Å². The van der Waals surface area contributed by atoms with Crippen LogP contribution in [0.5, 0.6) is 0 Å². The summed E-state index contributed by atoms with van der Waals surface area (Å²) >= 11 is 2.83. The number of hydrogen-bond donors (Lipinski definition) is 3. The van der Waals surface area contributed by atoms with E-state index in [9.17, 15) is 14.7 Å². The van der Waals surface area contributed by atoms with Crippen molar-refractivity contribution in [2.75, 3.05) is 18.1 Å². The molecule has 0 aliphatic heterocycles. The van der Waals surface area contributed by atoms with E-state index in [1.807, 2.05) is 29.8 Å². The molecule has 6 nitrogen and oxygen atoms in total. The molecule has 3 rings (SSSR count). The first-order chi connectivity index (χ1) is 13.1. The number of aliphatic hydroxyl groups is 1. The van der Waals surface area contributed by atoms with Gasteiger partial charge in [-0.15, -0.1) is 23.1 Å². The minimum absolute atomic E-state index is 0.0610. The quantitative estimate of drug-likeness (QED) is 0.433. The number of aliphatic hydroxyl groups excluding tert-OH is 1. The molecule has 3 aromatic rings. The summed E-state index contributed by atoms with van der Waals surface area (Å²) in [4.78, 5) is 25.6. The fourth-order valence-corrected chi connectivity index (χ4v) is 3.83. The van der Waals surface area contributed by atoms with Gasteiger partial charge in [0, 0.05) is 27.3 Å². The molecule has 0 fully saturated rings. The summed E-state index contributed by atoms with van der Waals surface area (Å²) in [5.74, 6) is -0.862. The number of para-hydroxylation sites is 1. The summed E-state index contributed by atoms with van der Waals surface area (Å²) in [6.07, 6.45) is 2.56. The zero-order valence-electron chi connectivity index (χ0n) is 14.5. The minimum atomic E-state index is -0.908. The predicted octanol–water partition coefficient (Wildman–Crippen LogP) is 3.52. The van der Waals surface area contributed by atoms with E-state index in [1.165, 1.54) is 23.1 Å². The first-order valence-electron chi connectivity index (χ1n) is 8.11. The maximum absolute atomic E-state index is 12.1. The number of anilines is 1. The lowest BCUT2D eigenvalue weighted by Crippen LogP contribution is -2.37. The van der Waals surface area contributed by atoms with Crippen molar-refractivity contribution in [2.45, 2.75) is 11.0 Å². The van der Waals surface area contributed by atoms with Crippen LogP contribution in [0.25, 0.3) is 11.3 Å². The monoisotopic (exact) mass is 402 g/mol. The van der Waals surface area contributed by atoms with Crippen LogP contribution in [0.4, 0.5) is 5.69 Å². The van der Waals surface area contributed by atoms with Crippen LogP contribution in [0.1, 0.15) is 11.0 Å². The third-order valence-corrected chi connectivity index (χ3v) is 5.60. The molecular weight excluding hydrogens is 384 g/mol. The standard InChI is InChI=1S/C19H18N2O4S2/c1-26-16-7-3-2-5-13(16)21-19(24)18(23)20-10-14(22)17-9-12(11-27-17)15-6-4-8-25-15/h2-9,11,14,22H,10H2,1H3,(H,20,23)(H,21,24). The molecule has 0 saturated heterocycles. The molecule has 1 aromatic carbocycles. The SMILES string of the molecule is CSc1ccccc1NC(=O)C(=O)NCC(O)c1cc(-c2ccco2)cs1. The van der Waals surface area contributed by atoms with Gasteiger partial charge < -0.3 is 20.2 Å². The molecule has 0 bridgehead atoms. The van der Waals surface area contributed by atoms with Gasteiger partial charge in [-0.05, 0) is 36.6 Å². The fraction of sp³-hybridized carbons (Fsp3) is 0.158. The van der Waals surface area contributed by atoms with Gasteiger partial charge in [-0.1, -0.05) is 12.1 Å². The Morgan fingerprint density at radius 1 is 1.22 bits per heavy atom. The number of amides is 2. The lowest BCUT2D eigenvalue weighted by Gasteiger charge is -2.11. The molecule has 27 heavy (non-hydrogen) atoms. The van der Waals surface area contributed by atoms with Gasteiger partial charge in [0.1, 0.15) is 11.9 Å². The Bertz CT molecular complexity index is 921. The predicted molar refractivity (Wildman–Crippen MR) is 107 cm³/mol. The first-order valence-corrected chi connectivity index (χ1v) is 10.2. The molecule has 1 atom stereocenters. The van der Waals surface area contributed by atoms with E-state index in [0.29, 0.717) is 16.3 Å². The van der Waals surface area contributed by atoms with Crippen molar-refractivity contribution >= 4 is 40.6 Å². The molecule has 2 amide bonds. The van der Waals surface area contributed by atoms with E-state index >= 15 is 0 Å². The van der Waals surface area contributed by atoms with Crippen molar-refractivity contribution in [1.29, 1.82) is 0 Å². The lowest BCUT2D eigenvalue weighted by atomic mass is 10.2. The van der Waals surface area contributed by atoms with Crippen molar-refractivity contribution in [2.24, 2.45) is 0 Å². The van der Waals surface area contributed by atoms with Gasteiger partial charge in [0.25, 0.3) is 0 Å². The zero-order valence-corrected chi connectivity index (χ0v) is 16.1. The first kappa shape index (κ1) is 19.2. The van der Waals surface area contributed by atoms with E-state index < -0.39 is 17.9 Å². The van der Waals surface area contributed by atoms with Gasteiger partial charge in [-0.3, -0.25) is 9.59 Å². The second-order valence-corrected chi connectivity index (χ2v) is 7.39. The van der Waals surface area contributed by atoms with Gasteiger partial charge >= 0.3 is 11.8 Å². The molecule has 140 valence electrons. The minimum Gasteiger partial charge on any atom is -0.464 e. The highest BCUT2D eigenvalue weighted by Crippen LogP contribution is 2.29. The highest BCUT2D eigenvalue weighted by Gasteiger charge is 2.18. The van der Waals surface area contributed by atoms with Crippen molar-refractivity contribution < 1.29 is 19.1 Å². The Balaban J connectivity index is 1.54. The molecule has 8 heteroatoms. The number of thiophene rings is 1. The summed E-state index contributed by atoms with van der Waals surface area (Å²) in [7, 11) is 0. The van der Waals surface area contributed by atoms with Crippen LogP contribution < -0.4 is 10.6 Å². The summed E-state index contributed by atoms with van der Waals surface area (Å²) < 4.78 is 5.32. The summed E-state index contributed by atoms with van der Waals surface area (Å²) in [6, 6.07) is 12.6. The van der Waals surface area contributed by atoms with Gasteiger partial charge in [-0.2, -0.15) is 0 Å². The number of rotatable bonds is 6. The Morgan fingerprint density at radius 3 is 2.78 bits per heavy atom. The third kappa shape index (κ3) is 4.79. The molecular formula is C19H18N2O4S2. The number of carbonyl (C=O) groups is 2. The van der Waals surface area contributed by atoms with Crippen LogP contribution >= 0.6 is 23.1 Å². The number of furan rings is 1. The van der Waals surface area contributed by atoms with E-state index in [1.54, 1.807) is 30.5 Å². The molecule has 2 heterocycles. The number of nitrogens with one attached hydrogen (secondary N) is 2. The van der Waals surface area contributed by atoms with Crippen LogP contribution in [0, 0.1) is 0 Å². The van der Waals surface area contributed by atoms with E-state index in [4.69, 9.17) is 4.42 Å². The topological polar surface area (TPSA) is 91.6 Å². The number of carbonyl (C=O) groups excluding carboxylic acids is 2. The van der Waals surface area contributed by atoms with Crippen LogP contribution in [0.3, 0.4) is 0 Å². The Hall–Kier alpha value is -2.55. The van der Waals surface area contributed by atoms with Crippen LogP contribution in [-0.4, -0.2) is 29.7 Å². The maximum atomic E-state index is 12.1. The smallest absolute Gasteiger partial charge is 0.313 e. The molecule has 3 N–H and O–H groups in total. The molecule has 0 spiro atoms. The van der Waals surface area contributed by atoms with E-state index in [-0.39, 0.29) is 6.54 Å². The molecule has 2 aromatic heterocycles. The van der Waals surface area contributed by atoms with Gasteiger partial charge in [0.2, 0.25) is 0 Å². The molecule has 0 aliphatic carbocycles. The Morgan fingerprint density at radius 2 is 2.04 bits per heavy atom. The molecule has 1 unspecified atom stereocenters. The van der Waals surface area contributed by atoms with Gasteiger partial charge in [0.15, 0.2) is 0 Å². The van der Waals surface area contributed by atoms with Crippen LogP contribution in [0.2, 0.25) is 0 Å². The average molecular weight is 402 g/mol. The highest BCUT2D eigenvalue weighted by atomic mass is 32.2. The average Bonchev–Trinajstić information content (AvgIpc) is 3.37. The second kappa shape index (κ2) is 8.90. The van der Waals surface area contributed by atoms with Gasteiger partial charge in [-0.25, -0.2) is 0 Å². The highest BCUT2D eigenvalue weighted by molar-refractivity contribution is 7.98. The number of benzene rings is 1. The number of thioether (sulfide) groups is 1. The number of hydrogen-bond acceptors (Lipinski definition) is 6. The molecule has 0 aliphatic rings. The maximum Gasteiger partial charge on any atom is 0.313 e. The summed E-state index contributed by atoms with van der Waals surface area (Å²) in [5, 5.41) is 17.2. The largest absolute Gasteiger partial charge is 0.464 e. The van der Waals surface area contributed by atoms with Crippen molar-refractivity contribution in [3.63, 3.8) is 0 Å². The normalized spacial score (nSPS) is 11.8. The lowest BCUT2D eigenvalue weighted by molar-refractivity contribution is -0.136. The summed E-state index contributed by atoms with van der Waals surface area (Å²) in [5.41, 5.74) is 1.43.